The van der Waals surface area contributed by atoms with Gasteiger partial charge in [0.05, 0.1) is 7.11 Å². The molecule has 1 saturated heterocycles. The Morgan fingerprint density at radius 3 is 2.45 bits per heavy atom. The van der Waals surface area contributed by atoms with E-state index >= 15 is 0 Å². The molecule has 1 unspecified atom stereocenters. The van der Waals surface area contributed by atoms with Gasteiger partial charge in [-0.05, 0) is 66.3 Å². The molecule has 0 saturated carbocycles. The van der Waals surface area contributed by atoms with Gasteiger partial charge in [0.15, 0.2) is 0 Å². The van der Waals surface area contributed by atoms with Gasteiger partial charge in [0.1, 0.15) is 5.54 Å². The van der Waals surface area contributed by atoms with E-state index in [9.17, 15) is 4.79 Å². The highest BCUT2D eigenvalue weighted by Crippen LogP contribution is 2.19. The molecule has 1 N–H and O–H groups in total. The Morgan fingerprint density at radius 2 is 2.00 bits per heavy atom. The van der Waals surface area contributed by atoms with Gasteiger partial charge in [-0.2, -0.15) is 0 Å². The van der Waals surface area contributed by atoms with Crippen LogP contribution in [0.3, 0.4) is 0 Å². The SMILES string of the molecule is CNC(C)(CCN1CCC(CN(C)C)CC1)C(=O)OC. The molecule has 5 heteroatoms. The van der Waals surface area contributed by atoms with Crippen LogP contribution < -0.4 is 5.32 Å². The van der Waals surface area contributed by atoms with E-state index in [0.717, 1.165) is 32.0 Å². The van der Waals surface area contributed by atoms with Crippen LogP contribution in [0.15, 0.2) is 0 Å². The summed E-state index contributed by atoms with van der Waals surface area (Å²) in [6.45, 7) is 6.32. The smallest absolute Gasteiger partial charge is 0.325 e. The predicted molar refractivity (Wildman–Crippen MR) is 81.8 cm³/mol. The Labute approximate surface area is 123 Å². The van der Waals surface area contributed by atoms with Gasteiger partial charge < -0.3 is 19.9 Å². The molecule has 118 valence electrons. The number of rotatable bonds is 7. The highest BCUT2D eigenvalue weighted by atomic mass is 16.5. The second kappa shape index (κ2) is 7.96. The van der Waals surface area contributed by atoms with E-state index in [2.05, 4.69) is 29.2 Å². The third-order valence-corrected chi connectivity index (χ3v) is 4.45. The Morgan fingerprint density at radius 1 is 1.40 bits per heavy atom. The number of carbonyl (C=O) groups excluding carboxylic acids is 1. The van der Waals surface area contributed by atoms with Crippen LogP contribution in [0.4, 0.5) is 0 Å². The van der Waals surface area contributed by atoms with Crippen molar-refractivity contribution in [3.05, 3.63) is 0 Å². The summed E-state index contributed by atoms with van der Waals surface area (Å²) in [5.41, 5.74) is -0.574. The van der Waals surface area contributed by atoms with E-state index in [0.29, 0.717) is 0 Å². The number of likely N-dealkylation sites (N-methyl/N-ethyl adjacent to an activating group) is 1. The average molecular weight is 285 g/mol. The molecule has 0 aliphatic carbocycles. The summed E-state index contributed by atoms with van der Waals surface area (Å²) in [4.78, 5) is 16.5. The van der Waals surface area contributed by atoms with Crippen LogP contribution in [0.2, 0.25) is 0 Å². The van der Waals surface area contributed by atoms with Crippen molar-refractivity contribution in [2.75, 3.05) is 54.4 Å². The fourth-order valence-electron chi connectivity index (χ4n) is 2.85. The highest BCUT2D eigenvalue weighted by molar-refractivity contribution is 5.80. The summed E-state index contributed by atoms with van der Waals surface area (Å²) in [6, 6.07) is 0. The van der Waals surface area contributed by atoms with Gasteiger partial charge in [-0.25, -0.2) is 0 Å². The zero-order valence-corrected chi connectivity index (χ0v) is 13.7. The number of carbonyl (C=O) groups is 1. The van der Waals surface area contributed by atoms with Gasteiger partial charge in [-0.15, -0.1) is 0 Å². The van der Waals surface area contributed by atoms with Crippen LogP contribution in [0.25, 0.3) is 0 Å². The zero-order valence-electron chi connectivity index (χ0n) is 13.7. The van der Waals surface area contributed by atoms with E-state index in [1.165, 1.54) is 26.5 Å². The maximum Gasteiger partial charge on any atom is 0.325 e. The van der Waals surface area contributed by atoms with Crippen molar-refractivity contribution in [1.82, 2.24) is 15.1 Å². The Kier molecular flexibility index (Phi) is 6.92. The minimum absolute atomic E-state index is 0.178. The Bertz CT molecular complexity index is 301. The number of methoxy groups -OCH3 is 1. The predicted octanol–water partition coefficient (Wildman–Crippen LogP) is 0.801. The lowest BCUT2D eigenvalue weighted by Gasteiger charge is -2.35. The molecule has 1 aliphatic rings. The molecular weight excluding hydrogens is 254 g/mol. The molecule has 1 fully saturated rings. The molecule has 0 aromatic heterocycles. The molecule has 0 amide bonds. The maximum atomic E-state index is 11.8. The van der Waals surface area contributed by atoms with Crippen LogP contribution in [-0.4, -0.2) is 75.7 Å². The summed E-state index contributed by atoms with van der Waals surface area (Å²) in [5.74, 6) is 0.639. The molecule has 5 nitrogen and oxygen atoms in total. The lowest BCUT2D eigenvalue weighted by atomic mass is 9.94. The third-order valence-electron chi connectivity index (χ3n) is 4.45. The molecule has 0 radical (unpaired) electrons. The number of esters is 1. The number of piperidine rings is 1. The van der Waals surface area contributed by atoms with Crippen molar-refractivity contribution < 1.29 is 9.53 Å². The second-order valence-electron chi connectivity index (χ2n) is 6.37. The summed E-state index contributed by atoms with van der Waals surface area (Å²) in [7, 11) is 7.55. The normalized spacial score (nSPS) is 20.9. The van der Waals surface area contributed by atoms with E-state index in [-0.39, 0.29) is 5.97 Å². The lowest BCUT2D eigenvalue weighted by molar-refractivity contribution is -0.148. The minimum atomic E-state index is -0.574. The molecule has 0 bridgehead atoms. The van der Waals surface area contributed by atoms with Crippen molar-refractivity contribution in [3.8, 4) is 0 Å². The molecule has 0 aromatic carbocycles. The number of likely N-dealkylation sites (tertiary alicyclic amines) is 1. The first-order chi connectivity index (χ1) is 9.41. The molecular formula is C15H31N3O2. The van der Waals surface area contributed by atoms with Crippen LogP contribution in [-0.2, 0) is 9.53 Å². The quantitative estimate of drug-likeness (QED) is 0.701. The molecule has 20 heavy (non-hydrogen) atoms. The fraction of sp³-hybridized carbons (Fsp3) is 0.933. The van der Waals surface area contributed by atoms with E-state index in [1.54, 1.807) is 0 Å². The first-order valence-electron chi connectivity index (χ1n) is 7.55. The minimum Gasteiger partial charge on any atom is -0.468 e. The van der Waals surface area contributed by atoms with Gasteiger partial charge in [0.25, 0.3) is 0 Å². The number of nitrogens with zero attached hydrogens (tertiary/aromatic N) is 2. The molecule has 0 spiro atoms. The molecule has 1 heterocycles. The fourth-order valence-corrected chi connectivity index (χ4v) is 2.85. The maximum absolute atomic E-state index is 11.8. The van der Waals surface area contributed by atoms with Gasteiger partial charge >= 0.3 is 5.97 Å². The van der Waals surface area contributed by atoms with Crippen molar-refractivity contribution in [1.29, 1.82) is 0 Å². The molecule has 0 aromatic rings. The van der Waals surface area contributed by atoms with Crippen molar-refractivity contribution in [2.45, 2.75) is 31.7 Å². The van der Waals surface area contributed by atoms with Crippen LogP contribution >= 0.6 is 0 Å². The van der Waals surface area contributed by atoms with Crippen LogP contribution in [0.5, 0.6) is 0 Å². The third kappa shape index (κ3) is 5.04. The zero-order chi connectivity index (χ0) is 15.2. The van der Waals surface area contributed by atoms with Gasteiger partial charge in [0.2, 0.25) is 0 Å². The van der Waals surface area contributed by atoms with Crippen molar-refractivity contribution >= 4 is 5.97 Å². The summed E-state index contributed by atoms with van der Waals surface area (Å²) >= 11 is 0. The second-order valence-corrected chi connectivity index (χ2v) is 6.37. The van der Waals surface area contributed by atoms with Crippen molar-refractivity contribution in [2.24, 2.45) is 5.92 Å². The summed E-state index contributed by atoms with van der Waals surface area (Å²) in [5, 5.41) is 3.10. The monoisotopic (exact) mass is 285 g/mol. The number of hydrogen-bond donors (Lipinski definition) is 1. The standard InChI is InChI=1S/C15H31N3O2/c1-15(16-2,14(19)20-5)8-11-18-9-6-13(7-10-18)12-17(3)4/h13,16H,6-12H2,1-5H3. The van der Waals surface area contributed by atoms with Gasteiger partial charge in [-0.1, -0.05) is 0 Å². The van der Waals surface area contributed by atoms with Crippen molar-refractivity contribution in [3.63, 3.8) is 0 Å². The summed E-state index contributed by atoms with van der Waals surface area (Å²) in [6.07, 6.45) is 3.30. The first-order valence-corrected chi connectivity index (χ1v) is 7.55. The van der Waals surface area contributed by atoms with E-state index in [4.69, 9.17) is 4.74 Å². The molecule has 1 aliphatic heterocycles. The molecule has 1 atom stereocenters. The van der Waals surface area contributed by atoms with Crippen LogP contribution in [0, 0.1) is 5.92 Å². The first kappa shape index (κ1) is 17.4. The highest BCUT2D eigenvalue weighted by Gasteiger charge is 2.33. The molecule has 1 rings (SSSR count). The number of hydrogen-bond acceptors (Lipinski definition) is 5. The van der Waals surface area contributed by atoms with Gasteiger partial charge in [0, 0.05) is 13.1 Å². The average Bonchev–Trinajstić information content (AvgIpc) is 2.44. The van der Waals surface area contributed by atoms with E-state index in [1.807, 2.05) is 14.0 Å². The lowest BCUT2D eigenvalue weighted by Crippen LogP contribution is -2.51. The number of nitrogens with one attached hydrogen (secondary N) is 1. The topological polar surface area (TPSA) is 44.8 Å². The Balaban J connectivity index is 2.35. The van der Waals surface area contributed by atoms with Gasteiger partial charge in [-0.3, -0.25) is 4.79 Å². The van der Waals surface area contributed by atoms with Crippen LogP contribution in [0.1, 0.15) is 26.2 Å². The summed E-state index contributed by atoms with van der Waals surface area (Å²) < 4.78 is 4.88. The number of ether oxygens (including phenoxy) is 1. The Hall–Kier alpha value is -0.650. The van der Waals surface area contributed by atoms with E-state index < -0.39 is 5.54 Å². The largest absolute Gasteiger partial charge is 0.468 e.